The van der Waals surface area contributed by atoms with E-state index >= 15 is 0 Å². The van der Waals surface area contributed by atoms with Crippen LogP contribution in [0.1, 0.15) is 24.8 Å². The molecule has 1 aromatic rings. The molecule has 0 radical (unpaired) electrons. The van der Waals surface area contributed by atoms with E-state index < -0.39 is 0 Å². The highest BCUT2D eigenvalue weighted by Crippen LogP contribution is 1.98. The molecule has 0 aliphatic heterocycles. The third-order valence-corrected chi connectivity index (χ3v) is 2.38. The van der Waals surface area contributed by atoms with Gasteiger partial charge in [0.05, 0.1) is 0 Å². The summed E-state index contributed by atoms with van der Waals surface area (Å²) < 4.78 is 0. The Morgan fingerprint density at radius 2 is 1.88 bits per heavy atom. The minimum absolute atomic E-state index is 0.942. The highest BCUT2D eigenvalue weighted by atomic mass is 14.8. The summed E-state index contributed by atoms with van der Waals surface area (Å²) in [5, 5.41) is 3.39. The normalized spacial score (nSPS) is 10.8. The van der Waals surface area contributed by atoms with Crippen LogP contribution in [0.3, 0.4) is 0 Å². The van der Waals surface area contributed by atoms with Gasteiger partial charge in [0.2, 0.25) is 0 Å². The van der Waals surface area contributed by atoms with Crippen molar-refractivity contribution in [3.63, 3.8) is 0 Å². The molecule has 16 heavy (non-hydrogen) atoms. The predicted octanol–water partition coefficient (Wildman–Crippen LogP) is 3.69. The van der Waals surface area contributed by atoms with Crippen LogP contribution in [0.4, 0.5) is 0 Å². The molecule has 1 heteroatoms. The lowest BCUT2D eigenvalue weighted by atomic mass is 10.2. The van der Waals surface area contributed by atoms with Crippen molar-refractivity contribution in [2.75, 3.05) is 6.54 Å². The van der Waals surface area contributed by atoms with E-state index in [4.69, 9.17) is 0 Å². The Labute approximate surface area is 98.9 Å². The van der Waals surface area contributed by atoms with Gasteiger partial charge >= 0.3 is 0 Å². The van der Waals surface area contributed by atoms with Crippen LogP contribution in [0.25, 0.3) is 0 Å². The Balaban J connectivity index is 2.01. The molecule has 0 amide bonds. The van der Waals surface area contributed by atoms with E-state index in [1.807, 2.05) is 12.1 Å². The average Bonchev–Trinajstić information content (AvgIpc) is 2.34. The van der Waals surface area contributed by atoms with Gasteiger partial charge in [-0.1, -0.05) is 48.6 Å². The number of allylic oxidation sites excluding steroid dienone is 2. The van der Waals surface area contributed by atoms with Gasteiger partial charge < -0.3 is 5.32 Å². The first-order chi connectivity index (χ1) is 7.93. The van der Waals surface area contributed by atoms with Gasteiger partial charge in [0, 0.05) is 13.1 Å². The molecule has 0 saturated carbocycles. The topological polar surface area (TPSA) is 12.0 Å². The molecule has 1 N–H and O–H groups in total. The molecule has 0 heterocycles. The third-order valence-electron chi connectivity index (χ3n) is 2.38. The van der Waals surface area contributed by atoms with E-state index in [-0.39, 0.29) is 0 Å². The second-order valence-electron chi connectivity index (χ2n) is 3.81. The molecule has 0 spiro atoms. The van der Waals surface area contributed by atoms with Crippen molar-refractivity contribution in [3.8, 4) is 0 Å². The number of hydrogen-bond donors (Lipinski definition) is 1. The summed E-state index contributed by atoms with van der Waals surface area (Å²) in [6.45, 7) is 5.59. The molecule has 0 aliphatic rings. The van der Waals surface area contributed by atoms with Gasteiger partial charge in [0.1, 0.15) is 0 Å². The Morgan fingerprint density at radius 3 is 2.62 bits per heavy atom. The van der Waals surface area contributed by atoms with Gasteiger partial charge in [0.15, 0.2) is 0 Å². The largest absolute Gasteiger partial charge is 0.309 e. The van der Waals surface area contributed by atoms with Crippen LogP contribution in [0.2, 0.25) is 0 Å². The smallest absolute Gasteiger partial charge is 0.0208 e. The summed E-state index contributed by atoms with van der Waals surface area (Å²) in [7, 11) is 0. The molecule has 0 saturated heterocycles. The van der Waals surface area contributed by atoms with Crippen LogP contribution in [0.15, 0.2) is 55.1 Å². The maximum absolute atomic E-state index is 3.71. The molecule has 0 unspecified atom stereocenters. The van der Waals surface area contributed by atoms with Gasteiger partial charge in [-0.25, -0.2) is 0 Å². The highest BCUT2D eigenvalue weighted by Gasteiger charge is 1.87. The molecule has 0 fully saturated rings. The molecule has 0 bridgehead atoms. The van der Waals surface area contributed by atoms with Crippen LogP contribution < -0.4 is 5.32 Å². The van der Waals surface area contributed by atoms with Gasteiger partial charge in [-0.15, -0.1) is 6.58 Å². The zero-order valence-electron chi connectivity index (χ0n) is 9.86. The van der Waals surface area contributed by atoms with Crippen LogP contribution in [-0.2, 0) is 6.54 Å². The number of rotatable bonds is 8. The Bertz CT molecular complexity index is 300. The van der Waals surface area contributed by atoms with Crippen molar-refractivity contribution in [1.82, 2.24) is 5.32 Å². The van der Waals surface area contributed by atoms with E-state index in [1.165, 1.54) is 12.0 Å². The second-order valence-corrected chi connectivity index (χ2v) is 3.81. The fourth-order valence-electron chi connectivity index (χ4n) is 1.48. The highest BCUT2D eigenvalue weighted by molar-refractivity contribution is 5.14. The standard InChI is InChI=1S/C15H21N/c1-2-3-4-5-6-10-13-16-14-15-11-8-7-9-12-15/h2,6-12,16H,1,3-5,13-14H2. The van der Waals surface area contributed by atoms with Crippen LogP contribution in [0.5, 0.6) is 0 Å². The monoisotopic (exact) mass is 215 g/mol. The third kappa shape index (κ3) is 6.20. The average molecular weight is 215 g/mol. The first-order valence-corrected chi connectivity index (χ1v) is 5.94. The lowest BCUT2D eigenvalue weighted by molar-refractivity contribution is 0.756. The zero-order valence-corrected chi connectivity index (χ0v) is 9.86. The number of benzene rings is 1. The van der Waals surface area contributed by atoms with E-state index in [1.54, 1.807) is 0 Å². The Morgan fingerprint density at radius 1 is 1.06 bits per heavy atom. The summed E-state index contributed by atoms with van der Waals surface area (Å²) in [5.41, 5.74) is 1.34. The Kier molecular flexibility index (Phi) is 7.10. The molecular weight excluding hydrogens is 194 g/mol. The maximum atomic E-state index is 3.71. The maximum Gasteiger partial charge on any atom is 0.0208 e. The summed E-state index contributed by atoms with van der Waals surface area (Å²) in [6, 6.07) is 10.5. The van der Waals surface area contributed by atoms with Crippen molar-refractivity contribution in [1.29, 1.82) is 0 Å². The molecule has 0 aliphatic carbocycles. The summed E-state index contributed by atoms with van der Waals surface area (Å²) in [6.07, 6.45) is 9.88. The summed E-state index contributed by atoms with van der Waals surface area (Å²) >= 11 is 0. The van der Waals surface area contributed by atoms with Crippen LogP contribution in [0, 0.1) is 0 Å². The van der Waals surface area contributed by atoms with Crippen molar-refractivity contribution in [2.45, 2.75) is 25.8 Å². The van der Waals surface area contributed by atoms with Crippen molar-refractivity contribution >= 4 is 0 Å². The van der Waals surface area contributed by atoms with Gasteiger partial charge in [-0.05, 0) is 24.8 Å². The molecule has 1 aromatic carbocycles. The molecule has 1 nitrogen and oxygen atoms in total. The minimum Gasteiger partial charge on any atom is -0.309 e. The fraction of sp³-hybridized carbons (Fsp3) is 0.333. The second kappa shape index (κ2) is 8.93. The first kappa shape index (κ1) is 12.7. The van der Waals surface area contributed by atoms with Crippen molar-refractivity contribution in [2.24, 2.45) is 0 Å². The van der Waals surface area contributed by atoms with E-state index in [0.717, 1.165) is 25.9 Å². The molecule has 0 atom stereocenters. The number of hydrogen-bond acceptors (Lipinski definition) is 1. The van der Waals surface area contributed by atoms with Gasteiger partial charge in [-0.3, -0.25) is 0 Å². The molecule has 0 aromatic heterocycles. The van der Waals surface area contributed by atoms with Crippen molar-refractivity contribution in [3.05, 3.63) is 60.7 Å². The van der Waals surface area contributed by atoms with E-state index in [0.29, 0.717) is 0 Å². The summed E-state index contributed by atoms with van der Waals surface area (Å²) in [4.78, 5) is 0. The lowest BCUT2D eigenvalue weighted by Gasteiger charge is -2.00. The summed E-state index contributed by atoms with van der Waals surface area (Å²) in [5.74, 6) is 0. The predicted molar refractivity (Wildman–Crippen MR) is 71.3 cm³/mol. The zero-order chi connectivity index (χ0) is 11.5. The quantitative estimate of drug-likeness (QED) is 0.515. The molecule has 86 valence electrons. The Hall–Kier alpha value is -1.34. The van der Waals surface area contributed by atoms with Gasteiger partial charge in [0.25, 0.3) is 0 Å². The minimum atomic E-state index is 0.942. The number of nitrogens with one attached hydrogen (secondary N) is 1. The SMILES string of the molecule is C=CCCCC=CCNCc1ccccc1. The number of unbranched alkanes of at least 4 members (excludes halogenated alkanes) is 2. The van der Waals surface area contributed by atoms with Crippen LogP contribution in [-0.4, -0.2) is 6.54 Å². The van der Waals surface area contributed by atoms with Crippen LogP contribution >= 0.6 is 0 Å². The molecular formula is C15H21N. The molecule has 1 rings (SSSR count). The van der Waals surface area contributed by atoms with Crippen molar-refractivity contribution < 1.29 is 0 Å². The van der Waals surface area contributed by atoms with E-state index in [2.05, 4.69) is 48.3 Å². The lowest BCUT2D eigenvalue weighted by Crippen LogP contribution is -2.12. The fourth-order valence-corrected chi connectivity index (χ4v) is 1.48. The first-order valence-electron chi connectivity index (χ1n) is 5.94. The van der Waals surface area contributed by atoms with E-state index in [9.17, 15) is 0 Å². The van der Waals surface area contributed by atoms with Gasteiger partial charge in [-0.2, -0.15) is 0 Å².